The fraction of sp³-hybridized carbons (Fsp3) is 0.0625. The number of fused-ring (bicyclic) bond motifs is 1. The normalized spacial score (nSPS) is 11.3. The highest BCUT2D eigenvalue weighted by molar-refractivity contribution is 5.81. The van der Waals surface area contributed by atoms with E-state index in [1.807, 2.05) is 6.07 Å². The van der Waals surface area contributed by atoms with Crippen LogP contribution in [0.25, 0.3) is 10.9 Å². The Morgan fingerprint density at radius 1 is 1.14 bits per heavy atom. The van der Waals surface area contributed by atoms with E-state index in [9.17, 15) is 15.0 Å². The number of hydrogen-bond donors (Lipinski definition) is 2. The van der Waals surface area contributed by atoms with E-state index in [0.29, 0.717) is 22.3 Å². The lowest BCUT2D eigenvalue weighted by atomic mass is 10.2. The lowest BCUT2D eigenvalue weighted by molar-refractivity contribution is 0.403. The zero-order valence-electron chi connectivity index (χ0n) is 11.8. The first-order valence-electron chi connectivity index (χ1n) is 6.61. The van der Waals surface area contributed by atoms with Gasteiger partial charge in [0.15, 0.2) is 11.5 Å². The van der Waals surface area contributed by atoms with Crippen LogP contribution >= 0.6 is 0 Å². The molecular weight excluding hydrogens is 282 g/mol. The van der Waals surface area contributed by atoms with Crippen LogP contribution in [0.1, 0.15) is 11.4 Å². The van der Waals surface area contributed by atoms with Crippen molar-refractivity contribution in [2.75, 3.05) is 0 Å². The Morgan fingerprint density at radius 2 is 1.91 bits per heavy atom. The van der Waals surface area contributed by atoms with Gasteiger partial charge in [0.2, 0.25) is 0 Å². The molecule has 0 bridgehead atoms. The monoisotopic (exact) mass is 295 g/mol. The van der Waals surface area contributed by atoms with Crippen LogP contribution in [-0.2, 0) is 0 Å². The standard InChI is InChI=1S/C16H13N3O3/c1-10-18-13-5-3-2-4-12(13)16(22)19(10)17-9-11-6-7-14(20)15(21)8-11/h2-9,20-21H,1H3/b17-9+. The lowest BCUT2D eigenvalue weighted by Crippen LogP contribution is -2.20. The van der Waals surface area contributed by atoms with E-state index in [4.69, 9.17) is 0 Å². The maximum Gasteiger partial charge on any atom is 0.282 e. The summed E-state index contributed by atoms with van der Waals surface area (Å²) in [5.41, 5.74) is 0.913. The summed E-state index contributed by atoms with van der Waals surface area (Å²) < 4.78 is 1.20. The molecule has 3 rings (SSSR count). The molecule has 0 amide bonds. The number of phenolic OH excluding ortho intramolecular Hbond substituents is 2. The molecule has 0 spiro atoms. The molecule has 0 saturated heterocycles. The largest absolute Gasteiger partial charge is 0.504 e. The van der Waals surface area contributed by atoms with Crippen molar-refractivity contribution in [1.29, 1.82) is 0 Å². The highest BCUT2D eigenvalue weighted by Crippen LogP contribution is 2.24. The van der Waals surface area contributed by atoms with Gasteiger partial charge in [0.1, 0.15) is 5.82 Å². The molecule has 2 N–H and O–H groups in total. The quantitative estimate of drug-likeness (QED) is 0.559. The molecule has 0 fully saturated rings. The topological polar surface area (TPSA) is 87.7 Å². The van der Waals surface area contributed by atoms with Gasteiger partial charge in [-0.1, -0.05) is 12.1 Å². The second-order valence-electron chi connectivity index (χ2n) is 4.79. The molecule has 0 aliphatic rings. The number of hydrogen-bond acceptors (Lipinski definition) is 5. The Bertz CT molecular complexity index is 945. The first-order chi connectivity index (χ1) is 10.6. The van der Waals surface area contributed by atoms with Crippen molar-refractivity contribution in [3.8, 4) is 11.5 Å². The SMILES string of the molecule is Cc1nc2ccccc2c(=O)n1/N=C/c1ccc(O)c(O)c1. The maximum absolute atomic E-state index is 12.4. The third kappa shape index (κ3) is 2.42. The fourth-order valence-electron chi connectivity index (χ4n) is 2.12. The van der Waals surface area contributed by atoms with E-state index >= 15 is 0 Å². The second-order valence-corrected chi connectivity index (χ2v) is 4.79. The van der Waals surface area contributed by atoms with Gasteiger partial charge in [-0.3, -0.25) is 4.79 Å². The van der Waals surface area contributed by atoms with Crippen molar-refractivity contribution in [2.24, 2.45) is 5.10 Å². The molecule has 1 heterocycles. The summed E-state index contributed by atoms with van der Waals surface area (Å²) in [5.74, 6) is 0.00507. The van der Waals surface area contributed by atoms with Crippen LogP contribution < -0.4 is 5.56 Å². The smallest absolute Gasteiger partial charge is 0.282 e. The predicted octanol–water partition coefficient (Wildman–Crippen LogP) is 2.00. The molecule has 6 nitrogen and oxygen atoms in total. The number of phenols is 2. The minimum absolute atomic E-state index is 0.210. The molecule has 0 unspecified atom stereocenters. The van der Waals surface area contributed by atoms with Gasteiger partial charge in [-0.15, -0.1) is 0 Å². The maximum atomic E-state index is 12.4. The van der Waals surface area contributed by atoms with Crippen molar-refractivity contribution in [3.63, 3.8) is 0 Å². The first kappa shape index (κ1) is 13.8. The summed E-state index contributed by atoms with van der Waals surface area (Å²) in [6.45, 7) is 1.69. The molecule has 0 atom stereocenters. The van der Waals surface area contributed by atoms with Gasteiger partial charge in [-0.25, -0.2) is 4.98 Å². The molecule has 0 radical (unpaired) electrons. The average Bonchev–Trinajstić information content (AvgIpc) is 2.50. The Labute approximate surface area is 125 Å². The van der Waals surface area contributed by atoms with Crippen LogP contribution in [0.15, 0.2) is 52.4 Å². The van der Waals surface area contributed by atoms with Crippen LogP contribution in [-0.4, -0.2) is 26.1 Å². The predicted molar refractivity (Wildman–Crippen MR) is 83.5 cm³/mol. The van der Waals surface area contributed by atoms with Crippen molar-refractivity contribution in [1.82, 2.24) is 9.66 Å². The highest BCUT2D eigenvalue weighted by Gasteiger charge is 2.06. The zero-order chi connectivity index (χ0) is 15.7. The molecule has 0 aliphatic carbocycles. The lowest BCUT2D eigenvalue weighted by Gasteiger charge is -2.05. The van der Waals surface area contributed by atoms with Gasteiger partial charge in [0.25, 0.3) is 5.56 Å². The third-order valence-corrected chi connectivity index (χ3v) is 3.24. The highest BCUT2D eigenvalue weighted by atomic mass is 16.3. The summed E-state index contributed by atoms with van der Waals surface area (Å²) in [5, 5.41) is 23.3. The molecule has 6 heteroatoms. The van der Waals surface area contributed by atoms with Crippen LogP contribution in [0.2, 0.25) is 0 Å². The second kappa shape index (κ2) is 5.33. The number of para-hydroxylation sites is 1. The molecule has 3 aromatic rings. The molecule has 110 valence electrons. The summed E-state index contributed by atoms with van der Waals surface area (Å²) in [7, 11) is 0. The minimum Gasteiger partial charge on any atom is -0.504 e. The molecular formula is C16H13N3O3. The molecule has 1 aromatic heterocycles. The van der Waals surface area contributed by atoms with E-state index in [2.05, 4.69) is 10.1 Å². The third-order valence-electron chi connectivity index (χ3n) is 3.24. The number of benzene rings is 2. The summed E-state index contributed by atoms with van der Waals surface area (Å²) in [4.78, 5) is 16.8. The van der Waals surface area contributed by atoms with Gasteiger partial charge >= 0.3 is 0 Å². The number of nitrogens with zero attached hydrogens (tertiary/aromatic N) is 3. The molecule has 2 aromatic carbocycles. The number of aromatic nitrogens is 2. The van der Waals surface area contributed by atoms with Crippen molar-refractivity contribution < 1.29 is 10.2 Å². The van der Waals surface area contributed by atoms with Crippen LogP contribution in [0.5, 0.6) is 11.5 Å². The summed E-state index contributed by atoms with van der Waals surface area (Å²) in [6.07, 6.45) is 1.42. The Kier molecular flexibility index (Phi) is 3.34. The number of aryl methyl sites for hydroxylation is 1. The average molecular weight is 295 g/mol. The van der Waals surface area contributed by atoms with Crippen LogP contribution in [0.4, 0.5) is 0 Å². The summed E-state index contributed by atoms with van der Waals surface area (Å²) >= 11 is 0. The van der Waals surface area contributed by atoms with E-state index in [1.54, 1.807) is 31.2 Å². The van der Waals surface area contributed by atoms with Gasteiger partial charge < -0.3 is 10.2 Å². The van der Waals surface area contributed by atoms with Crippen molar-refractivity contribution >= 4 is 17.1 Å². The van der Waals surface area contributed by atoms with E-state index in [0.717, 1.165) is 0 Å². The van der Waals surface area contributed by atoms with Crippen LogP contribution in [0, 0.1) is 6.92 Å². The molecule has 0 saturated carbocycles. The Morgan fingerprint density at radius 3 is 2.68 bits per heavy atom. The van der Waals surface area contributed by atoms with Gasteiger partial charge in [0, 0.05) is 0 Å². The molecule has 0 aliphatic heterocycles. The number of rotatable bonds is 2. The molecule has 22 heavy (non-hydrogen) atoms. The van der Waals surface area contributed by atoms with E-state index in [1.165, 1.54) is 23.0 Å². The van der Waals surface area contributed by atoms with E-state index in [-0.39, 0.29) is 17.1 Å². The van der Waals surface area contributed by atoms with Crippen LogP contribution in [0.3, 0.4) is 0 Å². The summed E-state index contributed by atoms with van der Waals surface area (Å²) in [6, 6.07) is 11.3. The Hall–Kier alpha value is -3.15. The minimum atomic E-state index is -0.262. The van der Waals surface area contributed by atoms with Crippen molar-refractivity contribution in [3.05, 3.63) is 64.2 Å². The Balaban J connectivity index is 2.08. The van der Waals surface area contributed by atoms with Crippen molar-refractivity contribution in [2.45, 2.75) is 6.92 Å². The fourth-order valence-corrected chi connectivity index (χ4v) is 2.12. The first-order valence-corrected chi connectivity index (χ1v) is 6.61. The van der Waals surface area contributed by atoms with Gasteiger partial charge in [0.05, 0.1) is 17.1 Å². The van der Waals surface area contributed by atoms with Gasteiger partial charge in [-0.05, 0) is 42.8 Å². The number of aromatic hydroxyl groups is 2. The van der Waals surface area contributed by atoms with E-state index < -0.39 is 0 Å². The zero-order valence-corrected chi connectivity index (χ0v) is 11.8. The van der Waals surface area contributed by atoms with Gasteiger partial charge in [-0.2, -0.15) is 9.78 Å².